The number of carbonyl (C=O) groups is 2. The third kappa shape index (κ3) is 4.13. The molecule has 0 saturated heterocycles. The van der Waals surface area contributed by atoms with Crippen molar-refractivity contribution in [3.8, 4) is 5.75 Å². The van der Waals surface area contributed by atoms with Crippen molar-refractivity contribution in [2.75, 3.05) is 11.9 Å². The highest BCUT2D eigenvalue weighted by Crippen LogP contribution is 2.22. The lowest BCUT2D eigenvalue weighted by Crippen LogP contribution is -2.22. The Morgan fingerprint density at radius 1 is 1.00 bits per heavy atom. The van der Waals surface area contributed by atoms with E-state index in [0.717, 1.165) is 27.9 Å². The van der Waals surface area contributed by atoms with E-state index in [1.165, 1.54) is 12.1 Å². The van der Waals surface area contributed by atoms with Crippen LogP contribution in [-0.4, -0.2) is 23.6 Å². The molecule has 5 heteroatoms. The van der Waals surface area contributed by atoms with Gasteiger partial charge >= 0.3 is 5.97 Å². The number of anilines is 1. The van der Waals surface area contributed by atoms with Crippen molar-refractivity contribution < 1.29 is 19.4 Å². The van der Waals surface area contributed by atoms with Crippen LogP contribution in [0, 0.1) is 27.7 Å². The summed E-state index contributed by atoms with van der Waals surface area (Å²) >= 11 is 0. The van der Waals surface area contributed by atoms with E-state index >= 15 is 0 Å². The molecule has 1 amide bonds. The van der Waals surface area contributed by atoms with Crippen LogP contribution in [-0.2, 0) is 9.53 Å². The summed E-state index contributed by atoms with van der Waals surface area (Å²) in [5.41, 5.74) is 4.59. The number of aromatic hydroxyl groups is 1. The minimum atomic E-state index is -0.733. The molecule has 0 saturated carbocycles. The Bertz CT molecular complexity index is 773. The average molecular weight is 327 g/mol. The summed E-state index contributed by atoms with van der Waals surface area (Å²) in [4.78, 5) is 24.0. The Kier molecular flexibility index (Phi) is 5.24. The molecule has 0 aliphatic carbocycles. The highest BCUT2D eigenvalue weighted by Gasteiger charge is 2.15. The Balaban J connectivity index is 2.01. The van der Waals surface area contributed by atoms with Crippen LogP contribution >= 0.6 is 0 Å². The molecule has 0 unspecified atom stereocenters. The number of ether oxygens (including phenoxy) is 1. The minimum absolute atomic E-state index is 0.0468. The molecule has 5 nitrogen and oxygen atoms in total. The van der Waals surface area contributed by atoms with Crippen molar-refractivity contribution in [2.45, 2.75) is 27.7 Å². The second-order valence-electron chi connectivity index (χ2n) is 5.92. The SMILES string of the molecule is Cc1cc(C)c(NC(=O)COC(=O)c2cc(C)ccc2O)c(C)c1. The van der Waals surface area contributed by atoms with Gasteiger partial charge in [-0.05, 0) is 51.0 Å². The van der Waals surface area contributed by atoms with Crippen LogP contribution < -0.4 is 5.32 Å². The number of amides is 1. The van der Waals surface area contributed by atoms with Crippen molar-refractivity contribution in [3.63, 3.8) is 0 Å². The fourth-order valence-corrected chi connectivity index (χ4v) is 2.57. The normalized spacial score (nSPS) is 10.3. The lowest BCUT2D eigenvalue weighted by atomic mass is 10.1. The molecule has 0 heterocycles. The van der Waals surface area contributed by atoms with Gasteiger partial charge in [-0.2, -0.15) is 0 Å². The van der Waals surface area contributed by atoms with Gasteiger partial charge in [0.15, 0.2) is 6.61 Å². The largest absolute Gasteiger partial charge is 0.507 e. The zero-order valence-corrected chi connectivity index (χ0v) is 14.3. The third-order valence-corrected chi connectivity index (χ3v) is 3.65. The zero-order chi connectivity index (χ0) is 17.9. The van der Waals surface area contributed by atoms with Crippen LogP contribution in [0.15, 0.2) is 30.3 Å². The molecule has 0 fully saturated rings. The predicted octanol–water partition coefficient (Wildman–Crippen LogP) is 3.42. The Hall–Kier alpha value is -2.82. The molecule has 0 radical (unpaired) electrons. The van der Waals surface area contributed by atoms with E-state index in [1.807, 2.05) is 32.9 Å². The third-order valence-electron chi connectivity index (χ3n) is 3.65. The standard InChI is InChI=1S/C19H21NO4/c1-11-5-6-16(21)15(9-11)19(23)24-10-17(22)20-18-13(3)7-12(2)8-14(18)4/h5-9,21H,10H2,1-4H3,(H,20,22). The molecule has 0 aromatic heterocycles. The quantitative estimate of drug-likeness (QED) is 0.844. The summed E-state index contributed by atoms with van der Waals surface area (Å²) in [5.74, 6) is -1.33. The van der Waals surface area contributed by atoms with Gasteiger partial charge in [-0.25, -0.2) is 4.79 Å². The van der Waals surface area contributed by atoms with Crippen LogP contribution in [0.4, 0.5) is 5.69 Å². The highest BCUT2D eigenvalue weighted by molar-refractivity contribution is 5.97. The van der Waals surface area contributed by atoms with E-state index in [4.69, 9.17) is 4.74 Å². The fraction of sp³-hybridized carbons (Fsp3) is 0.263. The molecular formula is C19H21NO4. The highest BCUT2D eigenvalue weighted by atomic mass is 16.5. The molecule has 0 atom stereocenters. The van der Waals surface area contributed by atoms with Crippen LogP contribution in [0.1, 0.15) is 32.6 Å². The first-order chi connectivity index (χ1) is 11.3. The average Bonchev–Trinajstić information content (AvgIpc) is 2.50. The molecule has 2 aromatic rings. The lowest BCUT2D eigenvalue weighted by molar-refractivity contribution is -0.119. The first kappa shape index (κ1) is 17.5. The summed E-state index contributed by atoms with van der Waals surface area (Å²) in [5, 5.41) is 12.5. The molecule has 2 rings (SSSR count). The maximum absolute atomic E-state index is 12.0. The topological polar surface area (TPSA) is 75.6 Å². The van der Waals surface area contributed by atoms with Crippen LogP contribution in [0.25, 0.3) is 0 Å². The summed E-state index contributed by atoms with van der Waals surface area (Å²) in [6.07, 6.45) is 0. The monoisotopic (exact) mass is 327 g/mol. The minimum Gasteiger partial charge on any atom is -0.507 e. The van der Waals surface area contributed by atoms with Crippen molar-refractivity contribution in [1.29, 1.82) is 0 Å². The predicted molar refractivity (Wildman–Crippen MR) is 92.4 cm³/mol. The number of esters is 1. The van der Waals surface area contributed by atoms with Crippen molar-refractivity contribution in [2.24, 2.45) is 0 Å². The smallest absolute Gasteiger partial charge is 0.342 e. The van der Waals surface area contributed by atoms with Gasteiger partial charge in [0.25, 0.3) is 5.91 Å². The molecule has 0 aliphatic rings. The van der Waals surface area contributed by atoms with Crippen molar-refractivity contribution in [3.05, 3.63) is 58.1 Å². The van der Waals surface area contributed by atoms with E-state index < -0.39 is 18.5 Å². The fourth-order valence-electron chi connectivity index (χ4n) is 2.57. The summed E-state index contributed by atoms with van der Waals surface area (Å²) in [6.45, 7) is 7.19. The second-order valence-corrected chi connectivity index (χ2v) is 5.92. The van der Waals surface area contributed by atoms with E-state index in [9.17, 15) is 14.7 Å². The number of phenolic OH excluding ortho intramolecular Hbond substituents is 1. The number of rotatable bonds is 4. The van der Waals surface area contributed by atoms with Gasteiger partial charge < -0.3 is 15.2 Å². The molecule has 2 aromatic carbocycles. The van der Waals surface area contributed by atoms with Gasteiger partial charge in [0.1, 0.15) is 11.3 Å². The first-order valence-electron chi connectivity index (χ1n) is 7.62. The maximum atomic E-state index is 12.0. The van der Waals surface area contributed by atoms with E-state index in [-0.39, 0.29) is 11.3 Å². The number of carbonyl (C=O) groups excluding carboxylic acids is 2. The Morgan fingerprint density at radius 3 is 2.25 bits per heavy atom. The maximum Gasteiger partial charge on any atom is 0.342 e. The number of hydrogen-bond acceptors (Lipinski definition) is 4. The molecular weight excluding hydrogens is 306 g/mol. The van der Waals surface area contributed by atoms with E-state index in [0.29, 0.717) is 0 Å². The number of benzene rings is 2. The number of phenols is 1. The van der Waals surface area contributed by atoms with Gasteiger partial charge in [-0.3, -0.25) is 4.79 Å². The number of aryl methyl sites for hydroxylation is 4. The van der Waals surface area contributed by atoms with Gasteiger partial charge in [0, 0.05) is 5.69 Å². The van der Waals surface area contributed by atoms with E-state index in [2.05, 4.69) is 5.32 Å². The van der Waals surface area contributed by atoms with Crippen LogP contribution in [0.5, 0.6) is 5.75 Å². The molecule has 24 heavy (non-hydrogen) atoms. The van der Waals surface area contributed by atoms with Gasteiger partial charge in [0.2, 0.25) is 0 Å². The van der Waals surface area contributed by atoms with Crippen LogP contribution in [0.3, 0.4) is 0 Å². The summed E-state index contributed by atoms with van der Waals surface area (Å²) in [6, 6.07) is 8.56. The Labute approximate surface area is 141 Å². The van der Waals surface area contributed by atoms with Crippen molar-refractivity contribution >= 4 is 17.6 Å². The first-order valence-corrected chi connectivity index (χ1v) is 7.62. The van der Waals surface area contributed by atoms with Gasteiger partial charge in [-0.1, -0.05) is 29.3 Å². The van der Waals surface area contributed by atoms with Gasteiger partial charge in [-0.15, -0.1) is 0 Å². The zero-order valence-electron chi connectivity index (χ0n) is 14.3. The molecule has 2 N–H and O–H groups in total. The summed E-state index contributed by atoms with van der Waals surface area (Å²) < 4.78 is 4.99. The second kappa shape index (κ2) is 7.17. The molecule has 0 bridgehead atoms. The van der Waals surface area contributed by atoms with Gasteiger partial charge in [0.05, 0.1) is 0 Å². The Morgan fingerprint density at radius 2 is 1.62 bits per heavy atom. The molecule has 0 spiro atoms. The lowest BCUT2D eigenvalue weighted by Gasteiger charge is -2.13. The van der Waals surface area contributed by atoms with E-state index in [1.54, 1.807) is 13.0 Å². The molecule has 126 valence electrons. The summed E-state index contributed by atoms with van der Waals surface area (Å²) in [7, 11) is 0. The number of hydrogen-bond donors (Lipinski definition) is 2. The molecule has 0 aliphatic heterocycles. The van der Waals surface area contributed by atoms with Crippen LogP contribution in [0.2, 0.25) is 0 Å². The van der Waals surface area contributed by atoms with Crippen molar-refractivity contribution in [1.82, 2.24) is 0 Å². The number of nitrogens with one attached hydrogen (secondary N) is 1.